The van der Waals surface area contributed by atoms with Gasteiger partial charge in [-0.3, -0.25) is 4.79 Å². The van der Waals surface area contributed by atoms with Gasteiger partial charge in [-0.25, -0.2) is 4.98 Å². The van der Waals surface area contributed by atoms with Gasteiger partial charge in [-0.2, -0.15) is 14.6 Å². The highest BCUT2D eigenvalue weighted by atomic mass is 16.1. The summed E-state index contributed by atoms with van der Waals surface area (Å²) in [7, 11) is 0. The Morgan fingerprint density at radius 3 is 2.41 bits per heavy atom. The van der Waals surface area contributed by atoms with E-state index < -0.39 is 0 Å². The van der Waals surface area contributed by atoms with Crippen LogP contribution in [0, 0.1) is 13.8 Å². The van der Waals surface area contributed by atoms with Gasteiger partial charge >= 0.3 is 0 Å². The average molecular weight is 358 g/mol. The van der Waals surface area contributed by atoms with E-state index in [1.807, 2.05) is 56.3 Å². The molecule has 4 rings (SSSR count). The van der Waals surface area contributed by atoms with Gasteiger partial charge in [0.25, 0.3) is 11.7 Å². The molecular weight excluding hydrogens is 340 g/mol. The third-order valence-corrected chi connectivity index (χ3v) is 4.11. The largest absolute Gasteiger partial charge is 0.340 e. The first-order valence-electron chi connectivity index (χ1n) is 8.51. The number of nitrogens with zero attached hydrogens (tertiary/aromatic N) is 4. The molecule has 0 aliphatic rings. The van der Waals surface area contributed by atoms with Crippen molar-refractivity contribution in [2.75, 3.05) is 10.6 Å². The van der Waals surface area contributed by atoms with Crippen molar-refractivity contribution in [1.29, 1.82) is 0 Å². The van der Waals surface area contributed by atoms with Crippen molar-refractivity contribution in [2.45, 2.75) is 13.8 Å². The van der Waals surface area contributed by atoms with Crippen LogP contribution in [0.3, 0.4) is 0 Å². The fourth-order valence-corrected chi connectivity index (χ4v) is 2.71. The van der Waals surface area contributed by atoms with Crippen molar-refractivity contribution in [3.05, 3.63) is 77.7 Å². The third-order valence-electron chi connectivity index (χ3n) is 4.11. The van der Waals surface area contributed by atoms with Crippen LogP contribution in [-0.4, -0.2) is 25.5 Å². The topological polar surface area (TPSA) is 84.2 Å². The number of nitrogens with one attached hydrogen (secondary N) is 2. The first-order valence-corrected chi connectivity index (χ1v) is 8.51. The van der Waals surface area contributed by atoms with Crippen molar-refractivity contribution in [3.63, 3.8) is 0 Å². The Bertz CT molecular complexity index is 1100. The number of hydrogen-bond acceptors (Lipinski definition) is 5. The summed E-state index contributed by atoms with van der Waals surface area (Å²) in [6, 6.07) is 16.8. The van der Waals surface area contributed by atoms with E-state index in [0.717, 1.165) is 28.5 Å². The molecular formula is C20H18N6O. The molecule has 4 aromatic rings. The first-order chi connectivity index (χ1) is 13.1. The minimum atomic E-state index is -0.149. The number of carbonyl (C=O) groups is 1. The highest BCUT2D eigenvalue weighted by Gasteiger charge is 2.08. The second-order valence-corrected chi connectivity index (χ2v) is 6.28. The van der Waals surface area contributed by atoms with Gasteiger partial charge in [0, 0.05) is 28.7 Å². The maximum Gasteiger partial charge on any atom is 0.255 e. The van der Waals surface area contributed by atoms with Crippen LogP contribution in [-0.2, 0) is 0 Å². The molecule has 0 spiro atoms. The smallest absolute Gasteiger partial charge is 0.255 e. The number of aromatic nitrogens is 4. The average Bonchev–Trinajstić information content (AvgIpc) is 3.13. The number of hydrogen-bond donors (Lipinski definition) is 2. The van der Waals surface area contributed by atoms with Gasteiger partial charge in [-0.05, 0) is 50.2 Å². The number of benzene rings is 2. The Morgan fingerprint density at radius 1 is 0.963 bits per heavy atom. The van der Waals surface area contributed by atoms with Crippen LogP contribution in [0.2, 0.25) is 0 Å². The predicted octanol–water partition coefficient (Wildman–Crippen LogP) is 3.74. The van der Waals surface area contributed by atoms with Crippen molar-refractivity contribution < 1.29 is 4.79 Å². The molecule has 2 aromatic heterocycles. The second kappa shape index (κ2) is 6.87. The number of anilines is 3. The molecule has 0 saturated carbocycles. The van der Waals surface area contributed by atoms with Gasteiger partial charge in [0.05, 0.1) is 0 Å². The van der Waals surface area contributed by atoms with Gasteiger partial charge in [-0.1, -0.05) is 17.7 Å². The quantitative estimate of drug-likeness (QED) is 0.581. The van der Waals surface area contributed by atoms with Crippen LogP contribution in [0.15, 0.2) is 60.9 Å². The first kappa shape index (κ1) is 16.7. The molecule has 2 N–H and O–H groups in total. The van der Waals surface area contributed by atoms with Crippen LogP contribution >= 0.6 is 0 Å². The van der Waals surface area contributed by atoms with Gasteiger partial charge in [0.15, 0.2) is 0 Å². The number of aryl methyl sites for hydroxylation is 2. The standard InChI is InChI=1S/C20H18N6O/c1-13-3-7-17(8-4-13)25-19(27)15-5-9-16(10-6-15)24-18-11-14(2)23-20-21-12-22-26(18)20/h3-12,24H,1-2H3,(H,25,27). The highest BCUT2D eigenvalue weighted by Crippen LogP contribution is 2.19. The maximum atomic E-state index is 12.4. The fourth-order valence-electron chi connectivity index (χ4n) is 2.71. The summed E-state index contributed by atoms with van der Waals surface area (Å²) >= 11 is 0. The second-order valence-electron chi connectivity index (χ2n) is 6.28. The number of carbonyl (C=O) groups excluding carboxylic acids is 1. The van der Waals surface area contributed by atoms with E-state index in [4.69, 9.17) is 0 Å². The molecule has 2 aromatic carbocycles. The molecule has 1 amide bonds. The van der Waals surface area contributed by atoms with Gasteiger partial charge < -0.3 is 10.6 Å². The fraction of sp³-hybridized carbons (Fsp3) is 0.100. The third kappa shape index (κ3) is 3.62. The lowest BCUT2D eigenvalue weighted by Gasteiger charge is -2.10. The minimum Gasteiger partial charge on any atom is -0.340 e. The van der Waals surface area contributed by atoms with E-state index in [0.29, 0.717) is 11.3 Å². The summed E-state index contributed by atoms with van der Waals surface area (Å²) in [4.78, 5) is 20.8. The molecule has 7 nitrogen and oxygen atoms in total. The highest BCUT2D eigenvalue weighted by molar-refractivity contribution is 6.04. The molecule has 0 radical (unpaired) electrons. The van der Waals surface area contributed by atoms with Crippen molar-refractivity contribution in [3.8, 4) is 0 Å². The monoisotopic (exact) mass is 358 g/mol. The minimum absolute atomic E-state index is 0.149. The molecule has 134 valence electrons. The van der Waals surface area contributed by atoms with Crippen molar-refractivity contribution >= 4 is 28.9 Å². The Balaban J connectivity index is 1.50. The van der Waals surface area contributed by atoms with Crippen LogP contribution in [0.4, 0.5) is 17.2 Å². The summed E-state index contributed by atoms with van der Waals surface area (Å²) < 4.78 is 1.63. The molecule has 27 heavy (non-hydrogen) atoms. The van der Waals surface area contributed by atoms with Gasteiger partial charge in [-0.15, -0.1) is 0 Å². The van der Waals surface area contributed by atoms with Gasteiger partial charge in [0.1, 0.15) is 12.1 Å². The normalized spacial score (nSPS) is 10.7. The lowest BCUT2D eigenvalue weighted by atomic mass is 10.1. The zero-order valence-corrected chi connectivity index (χ0v) is 15.0. The van der Waals surface area contributed by atoms with Crippen molar-refractivity contribution in [2.24, 2.45) is 0 Å². The van der Waals surface area contributed by atoms with E-state index in [-0.39, 0.29) is 5.91 Å². The lowest BCUT2D eigenvalue weighted by molar-refractivity contribution is 0.102. The number of amides is 1. The van der Waals surface area contributed by atoms with E-state index in [9.17, 15) is 4.79 Å². The summed E-state index contributed by atoms with van der Waals surface area (Å²) in [5, 5.41) is 10.3. The maximum absolute atomic E-state index is 12.4. The Labute approximate surface area is 156 Å². The van der Waals surface area contributed by atoms with Gasteiger partial charge in [0.2, 0.25) is 0 Å². The molecule has 7 heteroatoms. The Morgan fingerprint density at radius 2 is 1.67 bits per heavy atom. The zero-order chi connectivity index (χ0) is 18.8. The molecule has 0 saturated heterocycles. The van der Waals surface area contributed by atoms with Crippen molar-refractivity contribution in [1.82, 2.24) is 19.6 Å². The van der Waals surface area contributed by atoms with E-state index >= 15 is 0 Å². The Kier molecular flexibility index (Phi) is 4.25. The molecule has 0 unspecified atom stereocenters. The Hall–Kier alpha value is -3.74. The van der Waals surface area contributed by atoms with Crippen LogP contribution in [0.1, 0.15) is 21.6 Å². The van der Waals surface area contributed by atoms with Crippen LogP contribution in [0.5, 0.6) is 0 Å². The zero-order valence-electron chi connectivity index (χ0n) is 15.0. The number of fused-ring (bicyclic) bond motifs is 1. The van der Waals surface area contributed by atoms with E-state index in [1.54, 1.807) is 16.6 Å². The molecule has 2 heterocycles. The lowest BCUT2D eigenvalue weighted by Crippen LogP contribution is -2.11. The molecule has 0 bridgehead atoms. The summed E-state index contributed by atoms with van der Waals surface area (Å²) in [5.74, 6) is 1.14. The van der Waals surface area contributed by atoms with E-state index in [1.165, 1.54) is 6.33 Å². The number of rotatable bonds is 4. The van der Waals surface area contributed by atoms with Crippen LogP contribution < -0.4 is 10.6 Å². The molecule has 0 aliphatic heterocycles. The molecule has 0 fully saturated rings. The predicted molar refractivity (Wildman–Crippen MR) is 104 cm³/mol. The summed E-state index contributed by atoms with van der Waals surface area (Å²) in [6.07, 6.45) is 1.46. The molecule has 0 aliphatic carbocycles. The SMILES string of the molecule is Cc1ccc(NC(=O)c2ccc(Nc3cc(C)nc4ncnn34)cc2)cc1. The molecule has 0 atom stereocenters. The summed E-state index contributed by atoms with van der Waals surface area (Å²) in [5.41, 5.74) is 4.18. The van der Waals surface area contributed by atoms with E-state index in [2.05, 4.69) is 25.7 Å². The van der Waals surface area contributed by atoms with Crippen LogP contribution in [0.25, 0.3) is 5.78 Å². The summed E-state index contributed by atoms with van der Waals surface area (Å²) in [6.45, 7) is 3.91.